The molecule has 9 heavy (non-hydrogen) atoms. The average Bonchev–Trinajstić information content (AvgIpc) is 1.60. The van der Waals surface area contributed by atoms with Gasteiger partial charge in [0.05, 0.1) is 11.7 Å². The van der Waals surface area contributed by atoms with Gasteiger partial charge in [0.25, 0.3) is 0 Å². The smallest absolute Gasteiger partial charge is 0.0969 e. The molecule has 1 unspecified atom stereocenters. The second-order valence-corrected chi connectivity index (χ2v) is 2.77. The fraction of sp³-hybridized carbons (Fsp3) is 0.714. The van der Waals surface area contributed by atoms with E-state index in [0.717, 1.165) is 18.5 Å². The van der Waals surface area contributed by atoms with Gasteiger partial charge in [-0.2, -0.15) is 0 Å². The van der Waals surface area contributed by atoms with Crippen LogP contribution >= 0.6 is 0 Å². The largest absolute Gasteiger partial charge is 0.629 e. The second kappa shape index (κ2) is 2.50. The van der Waals surface area contributed by atoms with Gasteiger partial charge in [-0.3, -0.25) is 0 Å². The predicted octanol–water partition coefficient (Wildman–Crippen LogP) is 0.455. The first-order valence-corrected chi connectivity index (χ1v) is 3.41. The minimum absolute atomic E-state index is 0.279. The third-order valence-corrected chi connectivity index (χ3v) is 1.90. The minimum atomic E-state index is 0.279. The first-order valence-electron chi connectivity index (χ1n) is 3.41. The summed E-state index contributed by atoms with van der Waals surface area (Å²) in [6.07, 6.45) is 3.40. The maximum Gasteiger partial charge on any atom is 0.0969 e. The van der Waals surface area contributed by atoms with Crippen LogP contribution in [0.3, 0.4) is 0 Å². The van der Waals surface area contributed by atoms with Gasteiger partial charge in [0, 0.05) is 19.8 Å². The lowest BCUT2D eigenvalue weighted by atomic mass is 9.93. The monoisotopic (exact) mass is 127 g/mol. The van der Waals surface area contributed by atoms with Crippen LogP contribution in [0, 0.1) is 5.21 Å². The zero-order valence-electron chi connectivity index (χ0n) is 5.81. The molecule has 0 spiro atoms. The van der Waals surface area contributed by atoms with Gasteiger partial charge in [0.15, 0.2) is 0 Å². The number of hydroxylamine groups is 2. The molecule has 0 heterocycles. The molecule has 52 valence electrons. The molecule has 0 bridgehead atoms. The standard InChI is InChI=1S/C7H13NO/c1-6(2)8(9)7-4-3-5-7/h7-8H,1,3-5H2,2H3. The number of quaternary nitrogens is 1. The highest BCUT2D eigenvalue weighted by Gasteiger charge is 2.23. The van der Waals surface area contributed by atoms with E-state index >= 15 is 0 Å². The lowest BCUT2D eigenvalue weighted by Gasteiger charge is -2.36. The van der Waals surface area contributed by atoms with Crippen molar-refractivity contribution in [1.82, 2.24) is 0 Å². The van der Waals surface area contributed by atoms with E-state index in [-0.39, 0.29) is 5.06 Å². The van der Waals surface area contributed by atoms with Gasteiger partial charge >= 0.3 is 0 Å². The molecular formula is C7H13NO. The molecule has 1 aliphatic rings. The molecule has 0 amide bonds. The van der Waals surface area contributed by atoms with Crippen molar-refractivity contribution in [2.24, 2.45) is 0 Å². The van der Waals surface area contributed by atoms with Crippen LogP contribution in [0.25, 0.3) is 0 Å². The van der Waals surface area contributed by atoms with Crippen molar-refractivity contribution in [3.63, 3.8) is 0 Å². The molecule has 1 aliphatic carbocycles. The third kappa shape index (κ3) is 1.32. The lowest BCUT2D eigenvalue weighted by Crippen LogP contribution is -3.10. The Labute approximate surface area is 55.7 Å². The maximum absolute atomic E-state index is 11.0. The fourth-order valence-electron chi connectivity index (χ4n) is 1.02. The highest BCUT2D eigenvalue weighted by Crippen LogP contribution is 2.15. The zero-order valence-corrected chi connectivity index (χ0v) is 5.81. The van der Waals surface area contributed by atoms with Gasteiger partial charge in [-0.15, -0.1) is 0 Å². The molecule has 2 nitrogen and oxygen atoms in total. The van der Waals surface area contributed by atoms with Crippen LogP contribution in [-0.2, 0) is 0 Å². The van der Waals surface area contributed by atoms with Gasteiger partial charge in [0.2, 0.25) is 0 Å². The summed E-state index contributed by atoms with van der Waals surface area (Å²) in [6, 6.07) is 0.336. The van der Waals surface area contributed by atoms with Crippen LogP contribution in [0.15, 0.2) is 12.3 Å². The highest BCUT2D eigenvalue weighted by atomic mass is 16.5. The summed E-state index contributed by atoms with van der Waals surface area (Å²) in [5.74, 6) is 0. The number of nitrogens with one attached hydrogen (secondary N) is 1. The summed E-state index contributed by atoms with van der Waals surface area (Å²) in [5.41, 5.74) is 0.722. The first kappa shape index (κ1) is 6.78. The van der Waals surface area contributed by atoms with Crippen LogP contribution in [0.5, 0.6) is 0 Å². The number of rotatable bonds is 2. The van der Waals surface area contributed by atoms with E-state index in [1.165, 1.54) is 6.42 Å². The summed E-state index contributed by atoms with van der Waals surface area (Å²) in [4.78, 5) is 0. The predicted molar refractivity (Wildman–Crippen MR) is 36.8 cm³/mol. The fourth-order valence-corrected chi connectivity index (χ4v) is 1.02. The third-order valence-electron chi connectivity index (χ3n) is 1.90. The molecule has 0 aliphatic heterocycles. The Kier molecular flexibility index (Phi) is 1.88. The van der Waals surface area contributed by atoms with Gasteiger partial charge < -0.3 is 10.3 Å². The van der Waals surface area contributed by atoms with Gasteiger partial charge in [0.1, 0.15) is 0 Å². The molecule has 1 atom stereocenters. The van der Waals surface area contributed by atoms with Crippen LogP contribution in [0.2, 0.25) is 0 Å². The number of hydrogen-bond acceptors (Lipinski definition) is 1. The molecule has 0 aromatic carbocycles. The molecule has 0 aromatic heterocycles. The van der Waals surface area contributed by atoms with E-state index in [9.17, 15) is 5.21 Å². The van der Waals surface area contributed by atoms with Gasteiger partial charge in [-0.25, -0.2) is 0 Å². The molecule has 1 fully saturated rings. The second-order valence-electron chi connectivity index (χ2n) is 2.77. The Morgan fingerprint density at radius 2 is 2.22 bits per heavy atom. The Hall–Kier alpha value is -0.340. The SMILES string of the molecule is C=C(C)[NH+]([O-])C1CCC1. The molecule has 0 saturated heterocycles. The van der Waals surface area contributed by atoms with Gasteiger partial charge in [-0.05, 0) is 13.0 Å². The normalized spacial score (nSPS) is 22.9. The van der Waals surface area contributed by atoms with Crippen molar-refractivity contribution >= 4 is 0 Å². The summed E-state index contributed by atoms with van der Waals surface area (Å²) in [7, 11) is 0. The van der Waals surface area contributed by atoms with Crippen LogP contribution in [0.1, 0.15) is 26.2 Å². The van der Waals surface area contributed by atoms with E-state index in [1.807, 2.05) is 0 Å². The Bertz CT molecular complexity index is 118. The summed E-state index contributed by atoms with van der Waals surface area (Å²) in [6.45, 7) is 5.40. The molecule has 2 heteroatoms. The van der Waals surface area contributed by atoms with Crippen molar-refractivity contribution in [1.29, 1.82) is 0 Å². The van der Waals surface area contributed by atoms with E-state index in [2.05, 4.69) is 6.58 Å². The Balaban J connectivity index is 2.32. The van der Waals surface area contributed by atoms with Crippen LogP contribution in [0.4, 0.5) is 0 Å². The van der Waals surface area contributed by atoms with Crippen molar-refractivity contribution in [3.05, 3.63) is 17.5 Å². The van der Waals surface area contributed by atoms with E-state index in [1.54, 1.807) is 6.92 Å². The first-order chi connectivity index (χ1) is 4.22. The average molecular weight is 127 g/mol. The van der Waals surface area contributed by atoms with E-state index < -0.39 is 0 Å². The van der Waals surface area contributed by atoms with Crippen molar-refractivity contribution in [2.75, 3.05) is 0 Å². The minimum Gasteiger partial charge on any atom is -0.629 e. The van der Waals surface area contributed by atoms with Gasteiger partial charge in [-0.1, -0.05) is 0 Å². The van der Waals surface area contributed by atoms with E-state index in [0.29, 0.717) is 6.04 Å². The summed E-state index contributed by atoms with van der Waals surface area (Å²) in [5, 5.41) is 11.3. The molecule has 0 aromatic rings. The van der Waals surface area contributed by atoms with Crippen molar-refractivity contribution < 1.29 is 5.06 Å². The molecule has 1 rings (SSSR count). The Morgan fingerprint density at radius 1 is 1.67 bits per heavy atom. The van der Waals surface area contributed by atoms with Crippen molar-refractivity contribution in [3.8, 4) is 0 Å². The topological polar surface area (TPSA) is 27.5 Å². The zero-order chi connectivity index (χ0) is 6.85. The maximum atomic E-state index is 11.0. The number of allylic oxidation sites excluding steroid dienone is 1. The van der Waals surface area contributed by atoms with E-state index in [4.69, 9.17) is 0 Å². The molecule has 0 radical (unpaired) electrons. The molecule has 1 N–H and O–H groups in total. The quantitative estimate of drug-likeness (QED) is 0.536. The highest BCUT2D eigenvalue weighted by molar-refractivity contribution is 4.78. The van der Waals surface area contributed by atoms with Crippen molar-refractivity contribution in [2.45, 2.75) is 32.2 Å². The number of hydrogen-bond donors (Lipinski definition) is 1. The Morgan fingerprint density at radius 3 is 2.33 bits per heavy atom. The van der Waals surface area contributed by atoms with Crippen LogP contribution in [-0.4, -0.2) is 6.04 Å². The van der Waals surface area contributed by atoms with Crippen LogP contribution < -0.4 is 5.06 Å². The molecular weight excluding hydrogens is 114 g/mol. The lowest BCUT2D eigenvalue weighted by molar-refractivity contribution is -0.842. The summed E-state index contributed by atoms with van der Waals surface area (Å²) < 4.78 is 0. The summed E-state index contributed by atoms with van der Waals surface area (Å²) >= 11 is 0. The molecule has 1 saturated carbocycles.